The lowest BCUT2D eigenvalue weighted by atomic mass is 10.0. The molecule has 0 amide bonds. The summed E-state index contributed by atoms with van der Waals surface area (Å²) >= 11 is 0. The summed E-state index contributed by atoms with van der Waals surface area (Å²) < 4.78 is 5.91. The highest BCUT2D eigenvalue weighted by atomic mass is 35.5. The quantitative estimate of drug-likeness (QED) is 0.168. The molecule has 0 aliphatic heterocycles. The van der Waals surface area contributed by atoms with Crippen LogP contribution in [0.5, 0.6) is 0 Å². The number of ether oxygens (including phenoxy) is 1. The van der Waals surface area contributed by atoms with Gasteiger partial charge in [0.05, 0.1) is 21.1 Å². The van der Waals surface area contributed by atoms with E-state index in [1.54, 1.807) is 0 Å². The van der Waals surface area contributed by atoms with E-state index in [1.807, 2.05) is 21.1 Å². The predicted octanol–water partition coefficient (Wildman–Crippen LogP) is 4.65. The number of hydrogen-bond acceptors (Lipinski definition) is 4. The highest BCUT2D eigenvalue weighted by Gasteiger charge is 2.22. The van der Waals surface area contributed by atoms with E-state index in [1.165, 1.54) is 64.2 Å². The fraction of sp³-hybridized carbons (Fsp3) is 0.913. The van der Waals surface area contributed by atoms with Gasteiger partial charge < -0.3 is 19.1 Å². The highest BCUT2D eigenvalue weighted by Crippen LogP contribution is 2.13. The van der Waals surface area contributed by atoms with Gasteiger partial charge in [-0.25, -0.2) is 0 Å². The molecule has 0 fully saturated rings. The van der Waals surface area contributed by atoms with Gasteiger partial charge in [-0.3, -0.25) is 4.79 Å². The SMILES string of the molecule is CCCCCCCCCCCCCCCC(=O)OC(CC(=O)[O-])C[N+](C)(C)C.Cl. The van der Waals surface area contributed by atoms with E-state index in [9.17, 15) is 14.7 Å². The van der Waals surface area contributed by atoms with Gasteiger partial charge in [-0.05, 0) is 6.42 Å². The fourth-order valence-electron chi connectivity index (χ4n) is 3.47. The Morgan fingerprint density at radius 3 is 1.59 bits per heavy atom. The molecule has 0 saturated carbocycles. The molecule has 0 rings (SSSR count). The molecule has 6 heteroatoms. The first-order valence-corrected chi connectivity index (χ1v) is 11.4. The lowest BCUT2D eigenvalue weighted by molar-refractivity contribution is -0.873. The third-order valence-corrected chi connectivity index (χ3v) is 4.93. The number of likely N-dealkylation sites (N-methyl/N-ethyl adjacent to an activating group) is 1. The van der Waals surface area contributed by atoms with Gasteiger partial charge in [-0.15, -0.1) is 12.4 Å². The third-order valence-electron chi connectivity index (χ3n) is 4.93. The predicted molar refractivity (Wildman–Crippen MR) is 120 cm³/mol. The minimum absolute atomic E-state index is 0. The average molecular weight is 436 g/mol. The lowest BCUT2D eigenvalue weighted by Crippen LogP contribution is -2.45. The number of esters is 1. The van der Waals surface area contributed by atoms with Crippen LogP contribution in [-0.2, 0) is 14.3 Å². The Labute approximate surface area is 185 Å². The summed E-state index contributed by atoms with van der Waals surface area (Å²) in [5.74, 6) is -1.46. The number of aliphatic carboxylic acids is 1. The Morgan fingerprint density at radius 2 is 1.21 bits per heavy atom. The second-order valence-corrected chi connectivity index (χ2v) is 9.15. The van der Waals surface area contributed by atoms with Crippen LogP contribution in [0.15, 0.2) is 0 Å². The molecule has 174 valence electrons. The minimum Gasteiger partial charge on any atom is -0.550 e. The number of quaternary nitrogens is 1. The maximum atomic E-state index is 12.0. The first kappa shape index (κ1) is 30.4. The fourth-order valence-corrected chi connectivity index (χ4v) is 3.47. The Bertz CT molecular complexity index is 410. The van der Waals surface area contributed by atoms with Crippen LogP contribution in [0.2, 0.25) is 0 Å². The van der Waals surface area contributed by atoms with Crippen molar-refractivity contribution < 1.29 is 23.9 Å². The van der Waals surface area contributed by atoms with Crippen LogP contribution < -0.4 is 5.11 Å². The number of carboxylic acids is 1. The smallest absolute Gasteiger partial charge is 0.306 e. The molecule has 0 bridgehead atoms. The van der Waals surface area contributed by atoms with Crippen LogP contribution in [-0.4, -0.2) is 50.2 Å². The van der Waals surface area contributed by atoms with Crippen molar-refractivity contribution in [3.05, 3.63) is 0 Å². The summed E-state index contributed by atoms with van der Waals surface area (Å²) in [7, 11) is 5.84. The van der Waals surface area contributed by atoms with E-state index in [0.717, 1.165) is 19.3 Å². The van der Waals surface area contributed by atoms with Crippen molar-refractivity contribution in [2.24, 2.45) is 0 Å². The van der Waals surface area contributed by atoms with E-state index in [-0.39, 0.29) is 24.8 Å². The third kappa shape index (κ3) is 23.3. The van der Waals surface area contributed by atoms with Gasteiger partial charge >= 0.3 is 5.97 Å². The molecule has 0 aliphatic carbocycles. The molecule has 0 heterocycles. The maximum Gasteiger partial charge on any atom is 0.306 e. The zero-order chi connectivity index (χ0) is 21.3. The van der Waals surface area contributed by atoms with Crippen LogP contribution in [0.3, 0.4) is 0 Å². The van der Waals surface area contributed by atoms with E-state index in [4.69, 9.17) is 4.74 Å². The summed E-state index contributed by atoms with van der Waals surface area (Å²) in [6, 6.07) is 0. The standard InChI is InChI=1S/C23H45NO4.ClH/c1-5-6-7-8-9-10-11-12-13-14-15-16-17-18-23(27)28-21(19-22(25)26)20-24(2,3)4;/h21H,5-20H2,1-4H3;1H. The number of carbonyl (C=O) groups excluding carboxylic acids is 2. The normalized spacial score (nSPS) is 12.3. The van der Waals surface area contributed by atoms with Crippen molar-refractivity contribution in [3.63, 3.8) is 0 Å². The summed E-state index contributed by atoms with van der Waals surface area (Å²) in [4.78, 5) is 22.8. The average Bonchev–Trinajstić information content (AvgIpc) is 2.56. The monoisotopic (exact) mass is 435 g/mol. The van der Waals surface area contributed by atoms with Gasteiger partial charge in [0, 0.05) is 18.8 Å². The zero-order valence-corrected chi connectivity index (χ0v) is 20.2. The van der Waals surface area contributed by atoms with Crippen molar-refractivity contribution in [3.8, 4) is 0 Å². The molecule has 5 nitrogen and oxygen atoms in total. The molecule has 0 aromatic carbocycles. The van der Waals surface area contributed by atoms with Gasteiger partial charge in [0.1, 0.15) is 6.54 Å². The van der Waals surface area contributed by atoms with E-state index >= 15 is 0 Å². The van der Waals surface area contributed by atoms with Crippen LogP contribution >= 0.6 is 12.4 Å². The number of carboxylic acid groups (broad SMARTS) is 1. The number of rotatable bonds is 19. The maximum absolute atomic E-state index is 12.0. The molecule has 1 unspecified atom stereocenters. The minimum atomic E-state index is -1.17. The Balaban J connectivity index is 0. The van der Waals surface area contributed by atoms with Crippen LogP contribution in [0.25, 0.3) is 0 Å². The molecular formula is C23H46ClNO4. The number of halogens is 1. The topological polar surface area (TPSA) is 66.4 Å². The van der Waals surface area contributed by atoms with Crippen molar-refractivity contribution in [1.29, 1.82) is 0 Å². The summed E-state index contributed by atoms with van der Waals surface area (Å²) in [6.07, 6.45) is 16.0. The molecule has 29 heavy (non-hydrogen) atoms. The highest BCUT2D eigenvalue weighted by molar-refractivity contribution is 5.85. The summed E-state index contributed by atoms with van der Waals surface area (Å²) in [6.45, 7) is 2.72. The molecular weight excluding hydrogens is 390 g/mol. The molecule has 1 atom stereocenters. The first-order chi connectivity index (χ1) is 13.2. The van der Waals surface area contributed by atoms with Crippen molar-refractivity contribution in [1.82, 2.24) is 0 Å². The van der Waals surface area contributed by atoms with E-state index in [0.29, 0.717) is 17.4 Å². The number of nitrogens with zero attached hydrogens (tertiary/aromatic N) is 1. The van der Waals surface area contributed by atoms with Gasteiger partial charge in [-0.2, -0.15) is 0 Å². The molecule has 0 aromatic heterocycles. The summed E-state index contributed by atoms with van der Waals surface area (Å²) in [5.41, 5.74) is 0. The van der Waals surface area contributed by atoms with Crippen LogP contribution in [0.4, 0.5) is 0 Å². The van der Waals surface area contributed by atoms with Gasteiger partial charge in [0.2, 0.25) is 0 Å². The van der Waals surface area contributed by atoms with E-state index in [2.05, 4.69) is 6.92 Å². The van der Waals surface area contributed by atoms with Crippen molar-refractivity contribution in [2.75, 3.05) is 27.7 Å². The number of carbonyl (C=O) groups is 2. The van der Waals surface area contributed by atoms with Crippen LogP contribution in [0, 0.1) is 0 Å². The Morgan fingerprint density at radius 1 is 0.793 bits per heavy atom. The lowest BCUT2D eigenvalue weighted by Gasteiger charge is -2.29. The zero-order valence-electron chi connectivity index (χ0n) is 19.4. The van der Waals surface area contributed by atoms with Gasteiger partial charge in [-0.1, -0.05) is 84.0 Å². The van der Waals surface area contributed by atoms with Crippen LogP contribution in [0.1, 0.15) is 103 Å². The number of unbranched alkanes of at least 4 members (excludes halogenated alkanes) is 12. The molecule has 0 saturated heterocycles. The van der Waals surface area contributed by atoms with E-state index < -0.39 is 12.1 Å². The molecule has 0 aliphatic rings. The van der Waals surface area contributed by atoms with Gasteiger partial charge in [0.25, 0.3) is 0 Å². The Kier molecular flexibility index (Phi) is 20.1. The molecule has 0 spiro atoms. The largest absolute Gasteiger partial charge is 0.550 e. The number of hydrogen-bond donors (Lipinski definition) is 0. The molecule has 0 aromatic rings. The van der Waals surface area contributed by atoms with Gasteiger partial charge in [0.15, 0.2) is 6.10 Å². The Hall–Kier alpha value is -0.810. The molecule has 0 N–H and O–H groups in total. The first-order valence-electron chi connectivity index (χ1n) is 11.4. The van der Waals surface area contributed by atoms with Crippen molar-refractivity contribution >= 4 is 24.3 Å². The summed E-state index contributed by atoms with van der Waals surface area (Å²) in [5, 5.41) is 10.9. The second-order valence-electron chi connectivity index (χ2n) is 9.15. The second kappa shape index (κ2) is 19.2. The van der Waals surface area contributed by atoms with Crippen molar-refractivity contribution in [2.45, 2.75) is 109 Å². The molecule has 0 radical (unpaired) electrons.